The van der Waals surface area contributed by atoms with E-state index in [1.807, 2.05) is 27.7 Å². The van der Waals surface area contributed by atoms with Gasteiger partial charge in [-0.1, -0.05) is 12.1 Å². The summed E-state index contributed by atoms with van der Waals surface area (Å²) >= 11 is 0. The van der Waals surface area contributed by atoms with E-state index in [1.54, 1.807) is 21.9 Å². The fourth-order valence-corrected chi connectivity index (χ4v) is 3.42. The number of carbonyl (C=O) groups excluding carboxylic acids is 2. The zero-order valence-corrected chi connectivity index (χ0v) is 15.7. The van der Waals surface area contributed by atoms with Crippen LogP contribution in [-0.2, 0) is 11.3 Å². The minimum Gasteiger partial charge on any atom is -0.444 e. The summed E-state index contributed by atoms with van der Waals surface area (Å²) < 4.78 is 19.4. The van der Waals surface area contributed by atoms with Crippen molar-refractivity contribution in [1.82, 2.24) is 15.1 Å². The van der Waals surface area contributed by atoms with Crippen LogP contribution in [0.2, 0.25) is 0 Å². The summed E-state index contributed by atoms with van der Waals surface area (Å²) in [7, 11) is 0. The average molecular weight is 363 g/mol. The predicted molar refractivity (Wildman–Crippen MR) is 95.3 cm³/mol. The number of amides is 2. The number of rotatable bonds is 2. The summed E-state index contributed by atoms with van der Waals surface area (Å²) in [5.41, 5.74) is 0.324. The Balaban J connectivity index is 1.65. The number of carbonyl (C=O) groups is 2. The van der Waals surface area contributed by atoms with E-state index in [0.717, 1.165) is 0 Å². The number of halogens is 1. The SMILES string of the molecule is C[C@@H]1CN[C@@H](CN2Cc3cccc(F)c3C2=O)CN1C(=O)OC(C)(C)C. The van der Waals surface area contributed by atoms with E-state index >= 15 is 0 Å². The van der Waals surface area contributed by atoms with Crippen LogP contribution in [0.5, 0.6) is 0 Å². The summed E-state index contributed by atoms with van der Waals surface area (Å²) in [5, 5.41) is 3.37. The summed E-state index contributed by atoms with van der Waals surface area (Å²) in [6, 6.07) is 4.63. The van der Waals surface area contributed by atoms with E-state index in [4.69, 9.17) is 4.74 Å². The Morgan fingerprint density at radius 3 is 2.77 bits per heavy atom. The van der Waals surface area contributed by atoms with Crippen molar-refractivity contribution in [1.29, 1.82) is 0 Å². The molecule has 2 aliphatic heterocycles. The second-order valence-electron chi connectivity index (χ2n) is 8.05. The number of benzene rings is 1. The summed E-state index contributed by atoms with van der Waals surface area (Å²) in [6.07, 6.45) is -0.349. The summed E-state index contributed by atoms with van der Waals surface area (Å²) in [4.78, 5) is 28.3. The van der Waals surface area contributed by atoms with E-state index in [9.17, 15) is 14.0 Å². The monoisotopic (exact) mass is 363 g/mol. The summed E-state index contributed by atoms with van der Waals surface area (Å²) in [6.45, 7) is 9.34. The van der Waals surface area contributed by atoms with Crippen LogP contribution < -0.4 is 5.32 Å². The molecule has 1 N–H and O–H groups in total. The molecule has 7 heteroatoms. The van der Waals surface area contributed by atoms with Crippen LogP contribution in [0.15, 0.2) is 18.2 Å². The van der Waals surface area contributed by atoms with Crippen LogP contribution >= 0.6 is 0 Å². The molecule has 1 aromatic carbocycles. The van der Waals surface area contributed by atoms with E-state index < -0.39 is 11.4 Å². The highest BCUT2D eigenvalue weighted by molar-refractivity contribution is 5.98. The molecule has 0 spiro atoms. The van der Waals surface area contributed by atoms with Crippen LogP contribution in [-0.4, -0.2) is 59.1 Å². The van der Waals surface area contributed by atoms with Gasteiger partial charge in [-0.25, -0.2) is 9.18 Å². The summed E-state index contributed by atoms with van der Waals surface area (Å²) in [5.74, 6) is -0.766. The molecule has 0 saturated carbocycles. The fraction of sp³-hybridized carbons (Fsp3) is 0.579. The highest BCUT2D eigenvalue weighted by Gasteiger charge is 2.36. The Bertz CT molecular complexity index is 716. The molecule has 2 atom stereocenters. The van der Waals surface area contributed by atoms with E-state index in [1.165, 1.54) is 6.07 Å². The van der Waals surface area contributed by atoms with Gasteiger partial charge in [0.2, 0.25) is 0 Å². The molecule has 2 amide bonds. The number of hydrogen-bond donors (Lipinski definition) is 1. The van der Waals surface area contributed by atoms with E-state index in [-0.39, 0.29) is 29.6 Å². The Morgan fingerprint density at radius 1 is 1.38 bits per heavy atom. The Hall–Kier alpha value is -2.15. The molecule has 6 nitrogen and oxygen atoms in total. The number of hydrogen-bond acceptors (Lipinski definition) is 4. The van der Waals surface area contributed by atoms with Crippen molar-refractivity contribution in [2.24, 2.45) is 0 Å². The lowest BCUT2D eigenvalue weighted by atomic mass is 10.1. The number of piperazine rings is 1. The number of nitrogens with one attached hydrogen (secondary N) is 1. The first-order valence-corrected chi connectivity index (χ1v) is 8.95. The van der Waals surface area contributed by atoms with Crippen molar-refractivity contribution in [3.05, 3.63) is 35.1 Å². The van der Waals surface area contributed by atoms with Crippen LogP contribution in [0.1, 0.15) is 43.6 Å². The van der Waals surface area contributed by atoms with Gasteiger partial charge < -0.3 is 19.9 Å². The molecular formula is C19H26FN3O3. The quantitative estimate of drug-likeness (QED) is 0.876. The molecule has 2 aliphatic rings. The molecule has 3 rings (SSSR count). The molecule has 0 aliphatic carbocycles. The number of nitrogens with zero attached hydrogens (tertiary/aromatic N) is 2. The van der Waals surface area contributed by atoms with Crippen LogP contribution in [0.25, 0.3) is 0 Å². The third-order valence-corrected chi connectivity index (χ3v) is 4.68. The molecule has 1 saturated heterocycles. The van der Waals surface area contributed by atoms with Gasteiger partial charge in [-0.2, -0.15) is 0 Å². The van der Waals surface area contributed by atoms with Crippen LogP contribution in [0.3, 0.4) is 0 Å². The molecule has 0 aromatic heterocycles. The first kappa shape index (κ1) is 18.6. The van der Waals surface area contributed by atoms with E-state index in [2.05, 4.69) is 5.32 Å². The maximum Gasteiger partial charge on any atom is 0.410 e. The van der Waals surface area contributed by atoms with Gasteiger partial charge in [-0.3, -0.25) is 4.79 Å². The Kier molecular flexibility index (Phi) is 4.92. The molecule has 1 fully saturated rings. The Morgan fingerprint density at radius 2 is 2.12 bits per heavy atom. The van der Waals surface area contributed by atoms with Gasteiger partial charge in [0.15, 0.2) is 0 Å². The minimum atomic E-state index is -0.554. The topological polar surface area (TPSA) is 61.9 Å². The minimum absolute atomic E-state index is 0.00465. The third-order valence-electron chi connectivity index (χ3n) is 4.68. The first-order chi connectivity index (χ1) is 12.2. The molecule has 0 radical (unpaired) electrons. The van der Waals surface area contributed by atoms with Crippen molar-refractivity contribution < 1.29 is 18.7 Å². The van der Waals surface area contributed by atoms with Crippen molar-refractivity contribution >= 4 is 12.0 Å². The van der Waals surface area contributed by atoms with Crippen molar-refractivity contribution in [3.63, 3.8) is 0 Å². The zero-order valence-electron chi connectivity index (χ0n) is 15.7. The smallest absolute Gasteiger partial charge is 0.410 e. The maximum absolute atomic E-state index is 13.9. The average Bonchev–Trinajstić information content (AvgIpc) is 2.85. The second-order valence-corrected chi connectivity index (χ2v) is 8.05. The van der Waals surface area contributed by atoms with Crippen molar-refractivity contribution in [3.8, 4) is 0 Å². The van der Waals surface area contributed by atoms with Gasteiger partial charge in [0.1, 0.15) is 11.4 Å². The molecule has 2 heterocycles. The van der Waals surface area contributed by atoms with Gasteiger partial charge in [0.05, 0.1) is 5.56 Å². The maximum atomic E-state index is 13.9. The van der Waals surface area contributed by atoms with Crippen LogP contribution in [0, 0.1) is 5.82 Å². The standard InChI is InChI=1S/C19H26FN3O3/c1-12-8-21-14(11-23(12)18(25)26-19(2,3)4)10-22-9-13-6-5-7-15(20)16(13)17(22)24/h5-7,12,14,21H,8-11H2,1-4H3/t12-,14+/m1/s1. The number of fused-ring (bicyclic) bond motifs is 1. The second kappa shape index (κ2) is 6.87. The Labute approximate surface area is 153 Å². The van der Waals surface area contributed by atoms with Gasteiger partial charge in [0.25, 0.3) is 5.91 Å². The van der Waals surface area contributed by atoms with Gasteiger partial charge in [0, 0.05) is 38.3 Å². The lowest BCUT2D eigenvalue weighted by Gasteiger charge is -2.40. The first-order valence-electron chi connectivity index (χ1n) is 8.95. The predicted octanol–water partition coefficient (Wildman–Crippen LogP) is 2.38. The number of ether oxygens (including phenoxy) is 1. The van der Waals surface area contributed by atoms with Gasteiger partial charge in [-0.15, -0.1) is 0 Å². The molecule has 142 valence electrons. The van der Waals surface area contributed by atoms with Crippen molar-refractivity contribution in [2.45, 2.75) is 51.9 Å². The van der Waals surface area contributed by atoms with E-state index in [0.29, 0.717) is 31.7 Å². The normalized spacial score (nSPS) is 23.2. The zero-order chi connectivity index (χ0) is 19.1. The highest BCUT2D eigenvalue weighted by Crippen LogP contribution is 2.25. The van der Waals surface area contributed by atoms with Crippen molar-refractivity contribution in [2.75, 3.05) is 19.6 Å². The lowest BCUT2D eigenvalue weighted by molar-refractivity contribution is 0.00817. The fourth-order valence-electron chi connectivity index (χ4n) is 3.42. The molecular weight excluding hydrogens is 337 g/mol. The molecule has 1 aromatic rings. The van der Waals surface area contributed by atoms with Gasteiger partial charge >= 0.3 is 6.09 Å². The molecule has 0 bridgehead atoms. The largest absolute Gasteiger partial charge is 0.444 e. The van der Waals surface area contributed by atoms with Crippen LogP contribution in [0.4, 0.5) is 9.18 Å². The molecule has 0 unspecified atom stereocenters. The lowest BCUT2D eigenvalue weighted by Crippen LogP contribution is -2.60. The highest BCUT2D eigenvalue weighted by atomic mass is 19.1. The third kappa shape index (κ3) is 3.82. The van der Waals surface area contributed by atoms with Gasteiger partial charge in [-0.05, 0) is 39.3 Å². The molecule has 26 heavy (non-hydrogen) atoms.